The van der Waals surface area contributed by atoms with Crippen LogP contribution in [0.3, 0.4) is 0 Å². The van der Waals surface area contributed by atoms with Gasteiger partial charge >= 0.3 is 6.03 Å². The fourth-order valence-electron chi connectivity index (χ4n) is 5.31. The minimum atomic E-state index is -0.924. The molecule has 1 saturated heterocycles. The van der Waals surface area contributed by atoms with E-state index in [-0.39, 0.29) is 24.3 Å². The van der Waals surface area contributed by atoms with Gasteiger partial charge in [0.15, 0.2) is 0 Å². The Bertz CT molecular complexity index is 1310. The van der Waals surface area contributed by atoms with E-state index in [0.717, 1.165) is 16.8 Å². The second-order valence-electron chi connectivity index (χ2n) is 11.2. The number of amides is 4. The van der Waals surface area contributed by atoms with E-state index in [1.165, 1.54) is 4.90 Å². The van der Waals surface area contributed by atoms with Crippen molar-refractivity contribution in [1.82, 2.24) is 15.2 Å². The third-order valence-corrected chi connectivity index (χ3v) is 6.91. The molecule has 1 aromatic heterocycles. The molecule has 1 aliphatic rings. The average molecular weight is 528 g/mol. The van der Waals surface area contributed by atoms with Crippen molar-refractivity contribution in [1.29, 1.82) is 0 Å². The topological polar surface area (TPSA) is 109 Å². The number of nitrogens with zero attached hydrogens (tertiary/aromatic N) is 3. The van der Waals surface area contributed by atoms with Crippen LogP contribution in [0.4, 0.5) is 10.5 Å². The summed E-state index contributed by atoms with van der Waals surface area (Å²) in [7, 11) is 0. The summed E-state index contributed by atoms with van der Waals surface area (Å²) >= 11 is 0. The lowest BCUT2D eigenvalue weighted by Crippen LogP contribution is -2.55. The number of hydrogen-bond acceptors (Lipinski definition) is 4. The standard InChI is InChI=1S/C31H37N5O3/c1-21-11-10-14-24(17-21)36(30(32)39)27-19-23(25-15-8-9-16-33-25)18-26(22-12-6-5-7-13-22)35(29(27)38)20-28(37)34-31(2,3)4/h5-17,23,26-27H,18-20H2,1-4H3,(H2,32,39)(H,34,37). The molecule has 4 rings (SSSR count). The van der Waals surface area contributed by atoms with Gasteiger partial charge in [-0.25, -0.2) is 4.79 Å². The molecular weight excluding hydrogens is 490 g/mol. The molecule has 3 unspecified atom stereocenters. The highest BCUT2D eigenvalue weighted by Gasteiger charge is 2.43. The number of rotatable bonds is 6. The zero-order chi connectivity index (χ0) is 28.2. The number of benzene rings is 2. The Labute approximate surface area is 230 Å². The van der Waals surface area contributed by atoms with Crippen molar-refractivity contribution in [3.8, 4) is 0 Å². The van der Waals surface area contributed by atoms with Crippen LogP contribution in [0.5, 0.6) is 0 Å². The molecule has 1 fully saturated rings. The fraction of sp³-hybridized carbons (Fsp3) is 0.355. The van der Waals surface area contributed by atoms with E-state index >= 15 is 0 Å². The molecule has 2 heterocycles. The summed E-state index contributed by atoms with van der Waals surface area (Å²) in [6.45, 7) is 7.47. The maximum atomic E-state index is 14.5. The van der Waals surface area contributed by atoms with E-state index in [1.807, 2.05) is 94.4 Å². The zero-order valence-electron chi connectivity index (χ0n) is 23.0. The van der Waals surface area contributed by atoms with Gasteiger partial charge in [-0.05, 0) is 75.9 Å². The molecule has 0 saturated carbocycles. The lowest BCUT2D eigenvalue weighted by molar-refractivity contribution is -0.139. The molecule has 3 atom stereocenters. The average Bonchev–Trinajstić information content (AvgIpc) is 3.01. The number of primary amides is 1. The zero-order valence-corrected chi connectivity index (χ0v) is 23.0. The van der Waals surface area contributed by atoms with E-state index in [0.29, 0.717) is 18.5 Å². The van der Waals surface area contributed by atoms with Crippen LogP contribution in [0.2, 0.25) is 0 Å². The summed E-state index contributed by atoms with van der Waals surface area (Å²) in [5.41, 5.74) is 8.69. The van der Waals surface area contributed by atoms with Crippen LogP contribution in [0, 0.1) is 6.92 Å². The van der Waals surface area contributed by atoms with Crippen molar-refractivity contribution in [2.75, 3.05) is 11.4 Å². The summed E-state index contributed by atoms with van der Waals surface area (Å²) in [5, 5.41) is 2.98. The Kier molecular flexibility index (Phi) is 8.33. The lowest BCUT2D eigenvalue weighted by Gasteiger charge is -2.35. The number of pyridine rings is 1. The Hall–Kier alpha value is -4.20. The number of urea groups is 1. The highest BCUT2D eigenvalue weighted by atomic mass is 16.2. The summed E-state index contributed by atoms with van der Waals surface area (Å²) < 4.78 is 0. The maximum absolute atomic E-state index is 14.5. The Morgan fingerprint density at radius 2 is 1.74 bits per heavy atom. The van der Waals surface area contributed by atoms with Gasteiger partial charge in [0.25, 0.3) is 0 Å². The predicted octanol–water partition coefficient (Wildman–Crippen LogP) is 4.71. The highest BCUT2D eigenvalue weighted by molar-refractivity contribution is 6.00. The number of hydrogen-bond donors (Lipinski definition) is 2. The van der Waals surface area contributed by atoms with E-state index in [9.17, 15) is 14.4 Å². The SMILES string of the molecule is Cc1cccc(N(C(N)=O)C2CC(c3ccccn3)CC(c3ccccc3)N(CC(=O)NC(C)(C)C)C2=O)c1. The van der Waals surface area contributed by atoms with Crippen molar-refractivity contribution < 1.29 is 14.4 Å². The number of aromatic nitrogens is 1. The van der Waals surface area contributed by atoms with Gasteiger partial charge in [-0.15, -0.1) is 0 Å². The Morgan fingerprint density at radius 1 is 1.03 bits per heavy atom. The van der Waals surface area contributed by atoms with Gasteiger partial charge in [0.1, 0.15) is 12.6 Å². The molecule has 0 spiro atoms. The van der Waals surface area contributed by atoms with Crippen LogP contribution in [-0.2, 0) is 9.59 Å². The number of carbonyl (C=O) groups is 3. The van der Waals surface area contributed by atoms with Crippen LogP contribution >= 0.6 is 0 Å². The fourth-order valence-corrected chi connectivity index (χ4v) is 5.31. The number of anilines is 1. The summed E-state index contributed by atoms with van der Waals surface area (Å²) in [4.78, 5) is 48.3. The monoisotopic (exact) mass is 527 g/mol. The van der Waals surface area contributed by atoms with Gasteiger partial charge in [0.05, 0.1) is 6.04 Å². The van der Waals surface area contributed by atoms with Crippen LogP contribution in [0.25, 0.3) is 0 Å². The molecular formula is C31H37N5O3. The first-order valence-corrected chi connectivity index (χ1v) is 13.3. The van der Waals surface area contributed by atoms with Crippen molar-refractivity contribution in [3.63, 3.8) is 0 Å². The van der Waals surface area contributed by atoms with Crippen LogP contribution in [0.15, 0.2) is 79.0 Å². The summed E-state index contributed by atoms with van der Waals surface area (Å²) in [6.07, 6.45) is 2.58. The molecule has 0 bridgehead atoms. The normalized spacial score (nSPS) is 19.7. The largest absolute Gasteiger partial charge is 0.351 e. The summed E-state index contributed by atoms with van der Waals surface area (Å²) in [6, 6.07) is 20.7. The minimum absolute atomic E-state index is 0.151. The Balaban J connectivity index is 1.85. The smallest absolute Gasteiger partial charge is 0.320 e. The third-order valence-electron chi connectivity index (χ3n) is 6.91. The highest BCUT2D eigenvalue weighted by Crippen LogP contribution is 2.40. The van der Waals surface area contributed by atoms with Crippen LogP contribution in [-0.4, -0.2) is 45.9 Å². The molecule has 4 amide bonds. The summed E-state index contributed by atoms with van der Waals surface area (Å²) in [5.74, 6) is -0.771. The van der Waals surface area contributed by atoms with Crippen molar-refractivity contribution in [2.45, 2.75) is 64.1 Å². The van der Waals surface area contributed by atoms with Gasteiger partial charge in [-0.1, -0.05) is 48.5 Å². The van der Waals surface area contributed by atoms with Crippen LogP contribution in [0.1, 0.15) is 62.4 Å². The molecule has 204 valence electrons. The number of likely N-dealkylation sites (tertiary alicyclic amines) is 1. The van der Waals surface area contributed by atoms with Gasteiger partial charge < -0.3 is 16.0 Å². The second kappa shape index (κ2) is 11.7. The van der Waals surface area contributed by atoms with Gasteiger partial charge in [0, 0.05) is 29.0 Å². The first-order valence-electron chi connectivity index (χ1n) is 13.3. The van der Waals surface area contributed by atoms with E-state index in [1.54, 1.807) is 17.2 Å². The third kappa shape index (κ3) is 6.82. The second-order valence-corrected chi connectivity index (χ2v) is 11.2. The molecule has 0 radical (unpaired) electrons. The molecule has 2 aromatic carbocycles. The molecule has 3 N–H and O–H groups in total. The van der Waals surface area contributed by atoms with Gasteiger partial charge in [-0.2, -0.15) is 0 Å². The lowest BCUT2D eigenvalue weighted by atomic mass is 9.88. The van der Waals surface area contributed by atoms with E-state index in [2.05, 4.69) is 10.3 Å². The number of nitrogens with one attached hydrogen (secondary N) is 1. The predicted molar refractivity (Wildman–Crippen MR) is 152 cm³/mol. The van der Waals surface area contributed by atoms with E-state index < -0.39 is 23.7 Å². The first kappa shape index (κ1) is 27.8. The minimum Gasteiger partial charge on any atom is -0.351 e. The first-order chi connectivity index (χ1) is 18.5. The van der Waals surface area contributed by atoms with Gasteiger partial charge in [-0.3, -0.25) is 19.5 Å². The molecule has 39 heavy (non-hydrogen) atoms. The quantitative estimate of drug-likeness (QED) is 0.484. The maximum Gasteiger partial charge on any atom is 0.320 e. The molecule has 3 aromatic rings. The number of carbonyl (C=O) groups excluding carboxylic acids is 3. The number of aryl methyl sites for hydroxylation is 1. The van der Waals surface area contributed by atoms with Crippen molar-refractivity contribution in [3.05, 3.63) is 95.8 Å². The van der Waals surface area contributed by atoms with E-state index in [4.69, 9.17) is 5.73 Å². The van der Waals surface area contributed by atoms with Crippen molar-refractivity contribution in [2.24, 2.45) is 5.73 Å². The van der Waals surface area contributed by atoms with Crippen molar-refractivity contribution >= 4 is 23.5 Å². The molecule has 0 aliphatic carbocycles. The molecule has 1 aliphatic heterocycles. The Morgan fingerprint density at radius 3 is 2.36 bits per heavy atom. The molecule has 8 nitrogen and oxygen atoms in total. The van der Waals surface area contributed by atoms with Gasteiger partial charge in [0.2, 0.25) is 11.8 Å². The molecule has 8 heteroatoms. The van der Waals surface area contributed by atoms with Crippen LogP contribution < -0.4 is 16.0 Å². The number of nitrogens with two attached hydrogens (primary N) is 1.